The van der Waals surface area contributed by atoms with Crippen LogP contribution in [0, 0.1) is 0 Å². The zero-order valence-electron chi connectivity index (χ0n) is 9.11. The largest absolute Gasteiger partial charge is 0.480 e. The van der Waals surface area contributed by atoms with Gasteiger partial charge in [-0.25, -0.2) is 13.4 Å². The molecule has 0 saturated carbocycles. The predicted octanol–water partition coefficient (Wildman–Crippen LogP) is 1.67. The SMILES string of the molecule is O=C(O)CS(=O)(=O)c1ccc(-c2nccs2)cc1. The number of thiazole rings is 1. The molecule has 7 heteroatoms. The maximum Gasteiger partial charge on any atom is 0.319 e. The van der Waals surface area contributed by atoms with Gasteiger partial charge in [0.25, 0.3) is 0 Å². The Morgan fingerprint density at radius 3 is 2.44 bits per heavy atom. The number of benzene rings is 1. The molecule has 0 atom stereocenters. The molecule has 1 heterocycles. The molecule has 0 saturated heterocycles. The molecular formula is C11H9NO4S2. The molecule has 0 aliphatic carbocycles. The molecule has 0 aliphatic heterocycles. The quantitative estimate of drug-likeness (QED) is 0.922. The van der Waals surface area contributed by atoms with E-state index in [9.17, 15) is 13.2 Å². The van der Waals surface area contributed by atoms with E-state index in [4.69, 9.17) is 5.11 Å². The molecule has 5 nitrogen and oxygen atoms in total. The average molecular weight is 283 g/mol. The Hall–Kier alpha value is -1.73. The molecule has 0 fully saturated rings. The Bertz CT molecular complexity index is 645. The number of hydrogen-bond acceptors (Lipinski definition) is 5. The third-order valence-corrected chi connectivity index (χ3v) is 4.65. The number of carboxylic acid groups (broad SMARTS) is 1. The fraction of sp³-hybridized carbons (Fsp3) is 0.0909. The first kappa shape index (κ1) is 12.7. The second kappa shape index (κ2) is 4.87. The van der Waals surface area contributed by atoms with E-state index in [-0.39, 0.29) is 4.90 Å². The minimum atomic E-state index is -3.76. The Balaban J connectivity index is 2.31. The summed E-state index contributed by atoms with van der Waals surface area (Å²) < 4.78 is 23.3. The van der Waals surface area contributed by atoms with Crippen molar-refractivity contribution in [3.05, 3.63) is 35.8 Å². The number of nitrogens with zero attached hydrogens (tertiary/aromatic N) is 1. The molecule has 94 valence electrons. The van der Waals surface area contributed by atoms with Crippen LogP contribution in [0.3, 0.4) is 0 Å². The van der Waals surface area contributed by atoms with Crippen LogP contribution >= 0.6 is 11.3 Å². The molecule has 0 amide bonds. The molecule has 1 aromatic heterocycles. The lowest BCUT2D eigenvalue weighted by atomic mass is 10.2. The summed E-state index contributed by atoms with van der Waals surface area (Å²) in [6, 6.07) is 6.03. The van der Waals surface area contributed by atoms with Crippen molar-refractivity contribution in [3.63, 3.8) is 0 Å². The summed E-state index contributed by atoms with van der Waals surface area (Å²) in [5, 5.41) is 11.1. The van der Waals surface area contributed by atoms with Gasteiger partial charge in [0, 0.05) is 17.1 Å². The number of aromatic nitrogens is 1. The van der Waals surface area contributed by atoms with E-state index in [2.05, 4.69) is 4.98 Å². The average Bonchev–Trinajstić information content (AvgIpc) is 2.81. The van der Waals surface area contributed by atoms with Gasteiger partial charge in [-0.3, -0.25) is 4.79 Å². The van der Waals surface area contributed by atoms with Crippen LogP contribution in [-0.4, -0.2) is 30.2 Å². The van der Waals surface area contributed by atoms with Crippen LogP contribution in [0.5, 0.6) is 0 Å². The molecule has 1 N–H and O–H groups in total. The normalized spacial score (nSPS) is 11.3. The highest BCUT2D eigenvalue weighted by atomic mass is 32.2. The van der Waals surface area contributed by atoms with E-state index in [0.717, 1.165) is 10.6 Å². The van der Waals surface area contributed by atoms with Gasteiger partial charge >= 0.3 is 5.97 Å². The molecule has 18 heavy (non-hydrogen) atoms. The first-order valence-electron chi connectivity index (χ1n) is 4.93. The molecule has 0 radical (unpaired) electrons. The van der Waals surface area contributed by atoms with Crippen molar-refractivity contribution in [2.24, 2.45) is 0 Å². The second-order valence-corrected chi connectivity index (χ2v) is 6.40. The summed E-state index contributed by atoms with van der Waals surface area (Å²) in [6.07, 6.45) is 1.66. The summed E-state index contributed by atoms with van der Waals surface area (Å²) in [7, 11) is -3.76. The van der Waals surface area contributed by atoms with E-state index in [0.29, 0.717) is 0 Å². The zero-order chi connectivity index (χ0) is 13.2. The standard InChI is InChI=1S/C11H9NO4S2/c13-10(14)7-18(15,16)9-3-1-8(2-4-9)11-12-5-6-17-11/h1-6H,7H2,(H,13,14). The van der Waals surface area contributed by atoms with Crippen molar-refractivity contribution in [2.75, 3.05) is 5.75 Å². The van der Waals surface area contributed by atoms with Gasteiger partial charge in [0.1, 0.15) is 5.01 Å². The minimum Gasteiger partial charge on any atom is -0.480 e. The van der Waals surface area contributed by atoms with Crippen molar-refractivity contribution in [2.45, 2.75) is 4.90 Å². The first-order valence-corrected chi connectivity index (χ1v) is 7.47. The van der Waals surface area contributed by atoms with Crippen LogP contribution in [0.25, 0.3) is 10.6 Å². The molecule has 2 aromatic rings. The Kier molecular flexibility index (Phi) is 3.44. The van der Waals surface area contributed by atoms with Crippen LogP contribution in [-0.2, 0) is 14.6 Å². The second-order valence-electron chi connectivity index (χ2n) is 3.51. The van der Waals surface area contributed by atoms with Crippen LogP contribution in [0.1, 0.15) is 0 Å². The van der Waals surface area contributed by atoms with Gasteiger partial charge in [0.15, 0.2) is 15.6 Å². The Labute approximate surface area is 108 Å². The highest BCUT2D eigenvalue weighted by Gasteiger charge is 2.18. The van der Waals surface area contributed by atoms with Crippen molar-refractivity contribution < 1.29 is 18.3 Å². The summed E-state index contributed by atoms with van der Waals surface area (Å²) in [6.45, 7) is 0. The zero-order valence-corrected chi connectivity index (χ0v) is 10.7. The van der Waals surface area contributed by atoms with Gasteiger partial charge in [0.2, 0.25) is 0 Å². The highest BCUT2D eigenvalue weighted by molar-refractivity contribution is 7.92. The van der Waals surface area contributed by atoms with Gasteiger partial charge in [-0.1, -0.05) is 12.1 Å². The molecule has 0 unspecified atom stereocenters. The van der Waals surface area contributed by atoms with Crippen LogP contribution in [0.4, 0.5) is 0 Å². The monoisotopic (exact) mass is 283 g/mol. The molecule has 2 rings (SSSR count). The molecular weight excluding hydrogens is 274 g/mol. The highest BCUT2D eigenvalue weighted by Crippen LogP contribution is 2.23. The summed E-state index contributed by atoms with van der Waals surface area (Å²) >= 11 is 1.45. The van der Waals surface area contributed by atoms with Crippen LogP contribution < -0.4 is 0 Å². The van der Waals surface area contributed by atoms with E-state index in [1.165, 1.54) is 23.5 Å². The molecule has 0 bridgehead atoms. The number of aliphatic carboxylic acids is 1. The number of hydrogen-bond donors (Lipinski definition) is 1. The van der Waals surface area contributed by atoms with E-state index in [1.54, 1.807) is 18.3 Å². The summed E-state index contributed by atoms with van der Waals surface area (Å²) in [5.74, 6) is -2.26. The lowest BCUT2D eigenvalue weighted by Crippen LogP contribution is -2.15. The number of rotatable bonds is 4. The number of carboxylic acids is 1. The first-order chi connectivity index (χ1) is 8.49. The fourth-order valence-corrected chi connectivity index (χ4v) is 3.10. The minimum absolute atomic E-state index is 0.00482. The van der Waals surface area contributed by atoms with Crippen LogP contribution in [0.15, 0.2) is 40.7 Å². The van der Waals surface area contributed by atoms with E-state index >= 15 is 0 Å². The van der Waals surface area contributed by atoms with Gasteiger partial charge in [0.05, 0.1) is 4.90 Å². The van der Waals surface area contributed by atoms with Gasteiger partial charge in [-0.15, -0.1) is 11.3 Å². The maximum atomic E-state index is 11.6. The molecule has 1 aromatic carbocycles. The third-order valence-electron chi connectivity index (χ3n) is 2.21. The van der Waals surface area contributed by atoms with Crippen molar-refractivity contribution in [3.8, 4) is 10.6 Å². The molecule has 0 spiro atoms. The topological polar surface area (TPSA) is 84.3 Å². The Morgan fingerprint density at radius 2 is 1.94 bits per heavy atom. The Morgan fingerprint density at radius 1 is 1.28 bits per heavy atom. The number of sulfone groups is 1. The smallest absolute Gasteiger partial charge is 0.319 e. The predicted molar refractivity (Wildman–Crippen MR) is 67.2 cm³/mol. The van der Waals surface area contributed by atoms with Crippen molar-refractivity contribution >= 4 is 27.1 Å². The lowest BCUT2D eigenvalue weighted by molar-refractivity contribution is -0.134. The lowest BCUT2D eigenvalue weighted by Gasteiger charge is -2.02. The van der Waals surface area contributed by atoms with Gasteiger partial charge in [-0.05, 0) is 12.1 Å². The summed E-state index contributed by atoms with van der Waals surface area (Å²) in [5.41, 5.74) is 0.805. The fourth-order valence-electron chi connectivity index (χ4n) is 1.42. The maximum absolute atomic E-state index is 11.6. The van der Waals surface area contributed by atoms with E-state index in [1.807, 2.05) is 5.38 Å². The van der Waals surface area contributed by atoms with Crippen molar-refractivity contribution in [1.29, 1.82) is 0 Å². The van der Waals surface area contributed by atoms with Gasteiger partial charge < -0.3 is 5.11 Å². The van der Waals surface area contributed by atoms with E-state index < -0.39 is 21.6 Å². The molecule has 0 aliphatic rings. The van der Waals surface area contributed by atoms with Crippen LogP contribution in [0.2, 0.25) is 0 Å². The van der Waals surface area contributed by atoms with Gasteiger partial charge in [-0.2, -0.15) is 0 Å². The third kappa shape index (κ3) is 2.74. The van der Waals surface area contributed by atoms with Crippen molar-refractivity contribution in [1.82, 2.24) is 4.98 Å². The summed E-state index contributed by atoms with van der Waals surface area (Å²) in [4.78, 5) is 14.6. The number of carbonyl (C=O) groups is 1.